The van der Waals surface area contributed by atoms with Crippen LogP contribution in [0.25, 0.3) is 0 Å². The maximum Gasteiger partial charge on any atom is 0.192 e. The van der Waals surface area contributed by atoms with Gasteiger partial charge in [0.05, 0.1) is 12.7 Å². The zero-order valence-corrected chi connectivity index (χ0v) is 25.1. The molecule has 1 aliphatic rings. The molecule has 0 radical (unpaired) electrons. The summed E-state index contributed by atoms with van der Waals surface area (Å²) in [5.74, 6) is -0.516. The fraction of sp³-hybridized carbons (Fsp3) is 1.00. The van der Waals surface area contributed by atoms with Gasteiger partial charge in [0.15, 0.2) is 22.4 Å². The lowest BCUT2D eigenvalue weighted by Gasteiger charge is -2.38. The van der Waals surface area contributed by atoms with Crippen molar-refractivity contribution in [3.63, 3.8) is 0 Å². The first-order chi connectivity index (χ1) is 13.8. The van der Waals surface area contributed by atoms with Crippen molar-refractivity contribution < 1.29 is 18.3 Å². The Balaban J connectivity index is 2.43. The van der Waals surface area contributed by atoms with E-state index in [1.54, 1.807) is 0 Å². The van der Waals surface area contributed by atoms with Crippen LogP contribution < -0.4 is 0 Å². The summed E-state index contributed by atoms with van der Waals surface area (Å²) in [6.45, 7) is 30.0. The van der Waals surface area contributed by atoms with Crippen molar-refractivity contribution in [3.8, 4) is 0 Å². The van der Waals surface area contributed by atoms with Crippen LogP contribution in [0.15, 0.2) is 0 Å². The minimum Gasteiger partial charge on any atom is -0.414 e. The van der Waals surface area contributed by atoms with Crippen molar-refractivity contribution in [1.29, 1.82) is 0 Å². The number of unbranched alkanes of at least 4 members (excludes halogenated alkanes) is 2. The van der Waals surface area contributed by atoms with E-state index in [9.17, 15) is 0 Å². The molecule has 186 valence electrons. The molecular formula is C25H54O4Si2. The zero-order chi connectivity index (χ0) is 24.3. The molecule has 0 spiro atoms. The lowest BCUT2D eigenvalue weighted by molar-refractivity contribution is -0.149. The zero-order valence-electron chi connectivity index (χ0n) is 23.1. The summed E-state index contributed by atoms with van der Waals surface area (Å²) < 4.78 is 25.4. The molecule has 1 aliphatic heterocycles. The Labute approximate surface area is 196 Å². The highest BCUT2D eigenvalue weighted by atomic mass is 28.4. The van der Waals surface area contributed by atoms with Crippen LogP contribution >= 0.6 is 0 Å². The SMILES string of the molecule is C[C@H](CCCCC[C@H]1OC(C)(C)O[C@@H]1CO[Si](C)(C)C(C)(C)C)O[Si](C)(C)C(C)(C)C. The molecule has 1 heterocycles. The highest BCUT2D eigenvalue weighted by molar-refractivity contribution is 6.74. The van der Waals surface area contributed by atoms with Gasteiger partial charge >= 0.3 is 0 Å². The highest BCUT2D eigenvalue weighted by Crippen LogP contribution is 2.39. The van der Waals surface area contributed by atoms with Crippen LogP contribution in [-0.4, -0.2) is 47.3 Å². The summed E-state index contributed by atoms with van der Waals surface area (Å²) >= 11 is 0. The van der Waals surface area contributed by atoms with Gasteiger partial charge in [0.1, 0.15) is 6.10 Å². The van der Waals surface area contributed by atoms with E-state index < -0.39 is 22.4 Å². The van der Waals surface area contributed by atoms with Gasteiger partial charge in [-0.15, -0.1) is 0 Å². The first kappa shape index (κ1) is 29.3. The predicted octanol–water partition coefficient (Wildman–Crippen LogP) is 7.89. The van der Waals surface area contributed by atoms with Crippen LogP contribution in [0, 0.1) is 0 Å². The third kappa shape index (κ3) is 9.21. The standard InChI is InChI=1S/C25H54O4Si2/c1-20(29-31(12,13)24(5,6)7)17-15-14-16-18-21-22(28-25(8,9)27-21)19-26-30(10,11)23(2,3)4/h20-22H,14-19H2,1-13H3/t20-,21-,22-/m1/s1. The second-order valence-electron chi connectivity index (χ2n) is 13.1. The number of rotatable bonds is 11. The highest BCUT2D eigenvalue weighted by Gasteiger charge is 2.44. The normalized spacial score (nSPS) is 23.9. The van der Waals surface area contributed by atoms with Gasteiger partial charge < -0.3 is 18.3 Å². The van der Waals surface area contributed by atoms with Crippen LogP contribution in [0.4, 0.5) is 0 Å². The summed E-state index contributed by atoms with van der Waals surface area (Å²) in [6, 6.07) is 0. The average molecular weight is 475 g/mol. The smallest absolute Gasteiger partial charge is 0.192 e. The maximum absolute atomic E-state index is 6.50. The van der Waals surface area contributed by atoms with Gasteiger partial charge in [0.25, 0.3) is 0 Å². The molecule has 31 heavy (non-hydrogen) atoms. The van der Waals surface area contributed by atoms with E-state index in [1.165, 1.54) is 12.8 Å². The van der Waals surface area contributed by atoms with E-state index in [4.69, 9.17) is 18.3 Å². The Morgan fingerprint density at radius 2 is 1.32 bits per heavy atom. The van der Waals surface area contributed by atoms with Crippen LogP contribution in [0.1, 0.15) is 94.4 Å². The van der Waals surface area contributed by atoms with Gasteiger partial charge in [-0.1, -0.05) is 60.8 Å². The number of hydrogen-bond donors (Lipinski definition) is 0. The molecule has 3 atom stereocenters. The molecule has 0 unspecified atom stereocenters. The Kier molecular flexibility index (Phi) is 10.1. The molecule has 0 amide bonds. The molecular weight excluding hydrogens is 420 g/mol. The first-order valence-electron chi connectivity index (χ1n) is 12.4. The quantitative estimate of drug-likeness (QED) is 0.225. The monoisotopic (exact) mass is 474 g/mol. The van der Waals surface area contributed by atoms with Crippen molar-refractivity contribution in [2.45, 2.75) is 155 Å². The van der Waals surface area contributed by atoms with Gasteiger partial charge in [-0.3, -0.25) is 0 Å². The van der Waals surface area contributed by atoms with Crippen LogP contribution in [0.5, 0.6) is 0 Å². The van der Waals surface area contributed by atoms with E-state index in [-0.39, 0.29) is 22.3 Å². The van der Waals surface area contributed by atoms with Crippen molar-refractivity contribution in [3.05, 3.63) is 0 Å². The largest absolute Gasteiger partial charge is 0.414 e. The van der Waals surface area contributed by atoms with Crippen molar-refractivity contribution in [1.82, 2.24) is 0 Å². The van der Waals surface area contributed by atoms with Gasteiger partial charge in [0.2, 0.25) is 0 Å². The Morgan fingerprint density at radius 3 is 1.84 bits per heavy atom. The Hall–Kier alpha value is 0.274. The lowest BCUT2D eigenvalue weighted by Crippen LogP contribution is -2.44. The first-order valence-corrected chi connectivity index (χ1v) is 18.3. The van der Waals surface area contributed by atoms with E-state index in [2.05, 4.69) is 74.7 Å². The van der Waals surface area contributed by atoms with E-state index in [1.807, 2.05) is 13.8 Å². The summed E-state index contributed by atoms with van der Waals surface area (Å²) in [6.07, 6.45) is 6.25. The second kappa shape index (κ2) is 10.7. The number of hydrogen-bond acceptors (Lipinski definition) is 4. The van der Waals surface area contributed by atoms with E-state index in [0.29, 0.717) is 12.7 Å². The lowest BCUT2D eigenvalue weighted by atomic mass is 10.0. The van der Waals surface area contributed by atoms with Gasteiger partial charge in [-0.05, 0) is 69.9 Å². The maximum atomic E-state index is 6.50. The topological polar surface area (TPSA) is 36.9 Å². The molecule has 4 nitrogen and oxygen atoms in total. The second-order valence-corrected chi connectivity index (χ2v) is 22.7. The molecule has 1 saturated heterocycles. The minimum absolute atomic E-state index is 0.0324. The predicted molar refractivity (Wildman–Crippen MR) is 138 cm³/mol. The third-order valence-corrected chi connectivity index (χ3v) is 16.7. The van der Waals surface area contributed by atoms with Crippen molar-refractivity contribution in [2.75, 3.05) is 6.61 Å². The molecule has 0 aliphatic carbocycles. The van der Waals surface area contributed by atoms with Crippen LogP contribution in [-0.2, 0) is 18.3 Å². The summed E-state index contributed by atoms with van der Waals surface area (Å²) in [5.41, 5.74) is 0. The molecule has 6 heteroatoms. The van der Waals surface area contributed by atoms with Gasteiger partial charge in [-0.25, -0.2) is 0 Å². The molecule has 0 aromatic rings. The van der Waals surface area contributed by atoms with Gasteiger partial charge in [-0.2, -0.15) is 0 Å². The summed E-state index contributed by atoms with van der Waals surface area (Å²) in [7, 11) is -3.45. The van der Waals surface area contributed by atoms with Crippen LogP contribution in [0.3, 0.4) is 0 Å². The van der Waals surface area contributed by atoms with Crippen LogP contribution in [0.2, 0.25) is 36.3 Å². The molecule has 0 aromatic carbocycles. The van der Waals surface area contributed by atoms with Crippen molar-refractivity contribution in [2.24, 2.45) is 0 Å². The van der Waals surface area contributed by atoms with E-state index >= 15 is 0 Å². The molecule has 1 fully saturated rings. The molecule has 0 saturated carbocycles. The molecule has 0 N–H and O–H groups in total. The summed E-state index contributed by atoms with van der Waals surface area (Å²) in [5, 5.41) is 0.482. The molecule has 1 rings (SSSR count). The third-order valence-electron chi connectivity index (χ3n) is 7.60. The molecule has 0 aromatic heterocycles. The van der Waals surface area contributed by atoms with E-state index in [0.717, 1.165) is 19.3 Å². The Morgan fingerprint density at radius 1 is 0.806 bits per heavy atom. The number of ether oxygens (including phenoxy) is 2. The summed E-state index contributed by atoms with van der Waals surface area (Å²) in [4.78, 5) is 0. The van der Waals surface area contributed by atoms with Gasteiger partial charge in [0, 0.05) is 6.10 Å². The van der Waals surface area contributed by atoms with Crippen molar-refractivity contribution >= 4 is 16.6 Å². The molecule has 0 bridgehead atoms. The Bertz CT molecular complexity index is 547. The fourth-order valence-corrected chi connectivity index (χ4v) is 5.99. The fourth-order valence-electron chi connectivity index (χ4n) is 3.49. The average Bonchev–Trinajstić information content (AvgIpc) is 2.84. The minimum atomic E-state index is -1.78.